The van der Waals surface area contributed by atoms with Crippen molar-refractivity contribution in [2.75, 3.05) is 5.32 Å². The molecule has 1 N–H and O–H groups in total. The second kappa shape index (κ2) is 6.33. The summed E-state index contributed by atoms with van der Waals surface area (Å²) in [5, 5.41) is 11.4. The average Bonchev–Trinajstić information content (AvgIpc) is 2.56. The molecule has 0 saturated heterocycles. The molecule has 1 aromatic heterocycles. The van der Waals surface area contributed by atoms with Gasteiger partial charge in [0.1, 0.15) is 12.7 Å². The Hall–Kier alpha value is -3.15. The average molecular weight is 276 g/mol. The summed E-state index contributed by atoms with van der Waals surface area (Å²) in [5.74, 6) is 0.503. The van der Waals surface area contributed by atoms with Gasteiger partial charge in [0.05, 0.1) is 11.4 Å². The van der Waals surface area contributed by atoms with Crippen LogP contribution in [0.25, 0.3) is 0 Å². The highest BCUT2D eigenvalue weighted by Gasteiger charge is 1.97. The minimum Gasteiger partial charge on any atom is -0.324 e. The smallest absolute Gasteiger partial charge is 0.230 e. The van der Waals surface area contributed by atoms with Crippen molar-refractivity contribution < 1.29 is 0 Å². The van der Waals surface area contributed by atoms with Gasteiger partial charge in [-0.05, 0) is 36.4 Å². The molecule has 0 aliphatic rings. The molecule has 3 rings (SSSR count). The van der Waals surface area contributed by atoms with Gasteiger partial charge in [0.15, 0.2) is 0 Å². The van der Waals surface area contributed by atoms with Gasteiger partial charge in [-0.3, -0.25) is 0 Å². The van der Waals surface area contributed by atoms with Crippen LogP contribution in [0.3, 0.4) is 0 Å². The molecule has 0 bridgehead atoms. The Morgan fingerprint density at radius 2 is 1.33 bits per heavy atom. The van der Waals surface area contributed by atoms with E-state index in [9.17, 15) is 0 Å². The van der Waals surface area contributed by atoms with Crippen molar-refractivity contribution in [3.63, 3.8) is 0 Å². The number of anilines is 2. The molecule has 1 heterocycles. The molecule has 0 fully saturated rings. The molecule has 2 aromatic carbocycles. The molecule has 0 amide bonds. The van der Waals surface area contributed by atoms with Gasteiger partial charge in [0.2, 0.25) is 5.95 Å². The summed E-state index contributed by atoms with van der Waals surface area (Å²) >= 11 is 0. The minimum atomic E-state index is 0.503. The highest BCUT2D eigenvalue weighted by Crippen LogP contribution is 2.21. The summed E-state index contributed by atoms with van der Waals surface area (Å²) in [5.41, 5.74) is 2.48. The number of hydrogen-bond donors (Lipinski definition) is 1. The van der Waals surface area contributed by atoms with Crippen LogP contribution in [-0.2, 0) is 0 Å². The van der Waals surface area contributed by atoms with Gasteiger partial charge in [0.25, 0.3) is 0 Å². The Balaban J connectivity index is 1.68. The summed E-state index contributed by atoms with van der Waals surface area (Å²) in [6.07, 6.45) is 2.88. The summed E-state index contributed by atoms with van der Waals surface area (Å²) in [6, 6.07) is 17.1. The zero-order valence-electron chi connectivity index (χ0n) is 11.1. The van der Waals surface area contributed by atoms with Crippen LogP contribution in [0.15, 0.2) is 77.5 Å². The maximum atomic E-state index is 4.18. The maximum Gasteiger partial charge on any atom is 0.230 e. The molecule has 0 atom stereocenters. The second-order valence-electron chi connectivity index (χ2n) is 4.17. The fraction of sp³-hybridized carbons (Fsp3) is 0. The van der Waals surface area contributed by atoms with E-state index >= 15 is 0 Å². The van der Waals surface area contributed by atoms with Crippen LogP contribution in [0, 0.1) is 0 Å². The topological polar surface area (TPSA) is 75.4 Å². The molecule has 21 heavy (non-hydrogen) atoms. The second-order valence-corrected chi connectivity index (χ2v) is 4.17. The van der Waals surface area contributed by atoms with Gasteiger partial charge < -0.3 is 5.32 Å². The highest BCUT2D eigenvalue weighted by atomic mass is 15.1. The van der Waals surface area contributed by atoms with E-state index in [2.05, 4.69) is 30.5 Å². The first-order valence-corrected chi connectivity index (χ1v) is 6.36. The Morgan fingerprint density at radius 1 is 0.714 bits per heavy atom. The Labute approximate surface area is 121 Å². The van der Waals surface area contributed by atoms with E-state index in [0.29, 0.717) is 5.95 Å². The van der Waals surface area contributed by atoms with Crippen LogP contribution in [0.2, 0.25) is 0 Å². The third-order valence-electron chi connectivity index (χ3n) is 2.65. The van der Waals surface area contributed by atoms with Crippen molar-refractivity contribution in [3.8, 4) is 0 Å². The van der Waals surface area contributed by atoms with Gasteiger partial charge in [-0.1, -0.05) is 18.2 Å². The fourth-order valence-electron chi connectivity index (χ4n) is 1.65. The molecule has 0 unspecified atom stereocenters. The van der Waals surface area contributed by atoms with Gasteiger partial charge in [-0.2, -0.15) is 10.2 Å². The third kappa shape index (κ3) is 3.66. The molecule has 102 valence electrons. The molecule has 0 saturated carbocycles. The van der Waals surface area contributed by atoms with Crippen LogP contribution >= 0.6 is 0 Å². The van der Waals surface area contributed by atoms with E-state index in [1.54, 1.807) is 0 Å². The van der Waals surface area contributed by atoms with Crippen LogP contribution < -0.4 is 5.32 Å². The van der Waals surface area contributed by atoms with Crippen molar-refractivity contribution in [2.45, 2.75) is 0 Å². The molecule has 6 nitrogen and oxygen atoms in total. The molecule has 3 aromatic rings. The SMILES string of the molecule is c1ccc(N=Nc2ccc(Nc3ncncn3)cc2)cc1. The molecule has 0 aliphatic heterocycles. The first-order valence-electron chi connectivity index (χ1n) is 6.36. The number of nitrogens with zero attached hydrogens (tertiary/aromatic N) is 5. The van der Waals surface area contributed by atoms with Crippen molar-refractivity contribution >= 4 is 23.0 Å². The lowest BCUT2D eigenvalue weighted by Gasteiger charge is -2.03. The predicted molar refractivity (Wildman–Crippen MR) is 80.2 cm³/mol. The third-order valence-corrected chi connectivity index (χ3v) is 2.65. The summed E-state index contributed by atoms with van der Waals surface area (Å²) in [7, 11) is 0. The lowest BCUT2D eigenvalue weighted by Crippen LogP contribution is -1.96. The van der Waals surface area contributed by atoms with E-state index in [0.717, 1.165) is 17.1 Å². The number of rotatable bonds is 4. The molecular formula is C15H12N6. The number of nitrogens with one attached hydrogen (secondary N) is 1. The number of aromatic nitrogens is 3. The lowest BCUT2D eigenvalue weighted by molar-refractivity contribution is 1.05. The number of benzene rings is 2. The lowest BCUT2D eigenvalue weighted by atomic mass is 10.3. The van der Waals surface area contributed by atoms with E-state index in [1.165, 1.54) is 12.7 Å². The van der Waals surface area contributed by atoms with Gasteiger partial charge in [-0.15, -0.1) is 0 Å². The normalized spacial score (nSPS) is 10.7. The zero-order chi connectivity index (χ0) is 14.3. The summed E-state index contributed by atoms with van der Waals surface area (Å²) < 4.78 is 0. The Bertz CT molecular complexity index is 710. The largest absolute Gasteiger partial charge is 0.324 e. The molecule has 6 heteroatoms. The predicted octanol–water partition coefficient (Wildman–Crippen LogP) is 4.03. The number of hydrogen-bond acceptors (Lipinski definition) is 6. The Kier molecular flexibility index (Phi) is 3.88. The van der Waals surface area contributed by atoms with Crippen LogP contribution in [0.4, 0.5) is 23.0 Å². The van der Waals surface area contributed by atoms with Crippen LogP contribution in [0.5, 0.6) is 0 Å². The highest BCUT2D eigenvalue weighted by molar-refractivity contribution is 5.56. The first-order chi connectivity index (χ1) is 10.4. The standard InChI is InChI=1S/C15H12N6/c1-2-4-13(5-3-1)20-21-14-8-6-12(7-9-14)19-15-17-10-16-11-18-15/h1-11H,(H,16,17,18,19). The van der Waals surface area contributed by atoms with Gasteiger partial charge in [0, 0.05) is 5.69 Å². The molecular weight excluding hydrogens is 264 g/mol. The van der Waals surface area contributed by atoms with E-state index in [1.807, 2.05) is 54.6 Å². The Morgan fingerprint density at radius 3 is 2.00 bits per heavy atom. The van der Waals surface area contributed by atoms with Gasteiger partial charge in [-0.25, -0.2) is 15.0 Å². The van der Waals surface area contributed by atoms with Crippen molar-refractivity contribution in [1.82, 2.24) is 15.0 Å². The minimum absolute atomic E-state index is 0.503. The van der Waals surface area contributed by atoms with Crippen molar-refractivity contribution in [3.05, 3.63) is 67.3 Å². The molecule has 0 radical (unpaired) electrons. The molecule has 0 spiro atoms. The quantitative estimate of drug-likeness (QED) is 0.730. The van der Waals surface area contributed by atoms with E-state index < -0.39 is 0 Å². The van der Waals surface area contributed by atoms with E-state index in [-0.39, 0.29) is 0 Å². The summed E-state index contributed by atoms with van der Waals surface area (Å²) in [4.78, 5) is 11.8. The molecule has 0 aliphatic carbocycles. The van der Waals surface area contributed by atoms with Crippen LogP contribution in [0.1, 0.15) is 0 Å². The monoisotopic (exact) mass is 276 g/mol. The fourth-order valence-corrected chi connectivity index (χ4v) is 1.65. The maximum absolute atomic E-state index is 4.18. The zero-order valence-corrected chi connectivity index (χ0v) is 11.1. The van der Waals surface area contributed by atoms with Crippen molar-refractivity contribution in [2.24, 2.45) is 10.2 Å². The van der Waals surface area contributed by atoms with E-state index in [4.69, 9.17) is 0 Å². The first kappa shape index (κ1) is 12.9. The number of azo groups is 1. The van der Waals surface area contributed by atoms with Crippen molar-refractivity contribution in [1.29, 1.82) is 0 Å². The van der Waals surface area contributed by atoms with Crippen LogP contribution in [-0.4, -0.2) is 15.0 Å². The summed E-state index contributed by atoms with van der Waals surface area (Å²) in [6.45, 7) is 0. The van der Waals surface area contributed by atoms with Gasteiger partial charge >= 0.3 is 0 Å².